The van der Waals surface area contributed by atoms with E-state index in [1.165, 1.54) is 29.3 Å². The number of nitro groups is 1. The molecule has 9 heteroatoms. The molecule has 2 heterocycles. The zero-order valence-electron chi connectivity index (χ0n) is 9.70. The summed E-state index contributed by atoms with van der Waals surface area (Å²) >= 11 is 4.34. The van der Waals surface area contributed by atoms with E-state index >= 15 is 0 Å². The van der Waals surface area contributed by atoms with E-state index in [1.54, 1.807) is 12.1 Å². The Morgan fingerprint density at radius 1 is 1.63 bits per heavy atom. The van der Waals surface area contributed by atoms with E-state index in [0.717, 1.165) is 4.88 Å². The van der Waals surface area contributed by atoms with Crippen LogP contribution >= 0.6 is 27.3 Å². The molecule has 0 N–H and O–H groups in total. The fraction of sp³-hybridized carbons (Fsp3) is 0.200. The van der Waals surface area contributed by atoms with Crippen molar-refractivity contribution in [1.29, 1.82) is 0 Å². The molecule has 0 fully saturated rings. The number of methoxy groups -OCH3 is 1. The van der Waals surface area contributed by atoms with E-state index in [1.807, 2.05) is 0 Å². The number of esters is 1. The van der Waals surface area contributed by atoms with Gasteiger partial charge >= 0.3 is 11.8 Å². The Kier molecular flexibility index (Phi) is 3.96. The zero-order valence-corrected chi connectivity index (χ0v) is 12.1. The van der Waals surface area contributed by atoms with E-state index in [9.17, 15) is 14.9 Å². The van der Waals surface area contributed by atoms with Crippen LogP contribution in [0.3, 0.4) is 0 Å². The van der Waals surface area contributed by atoms with E-state index < -0.39 is 10.9 Å². The maximum absolute atomic E-state index is 11.3. The smallest absolute Gasteiger partial charge is 0.404 e. The summed E-state index contributed by atoms with van der Waals surface area (Å²) in [5, 5.41) is 14.5. The van der Waals surface area contributed by atoms with E-state index in [4.69, 9.17) is 0 Å². The van der Waals surface area contributed by atoms with E-state index in [2.05, 4.69) is 25.8 Å². The molecular weight excluding hydrogens is 338 g/mol. The fourth-order valence-electron chi connectivity index (χ4n) is 1.42. The summed E-state index contributed by atoms with van der Waals surface area (Å²) in [6, 6.07) is 3.41. The van der Waals surface area contributed by atoms with Crippen LogP contribution < -0.4 is 0 Å². The van der Waals surface area contributed by atoms with Crippen LogP contribution in [0.4, 0.5) is 5.82 Å². The van der Waals surface area contributed by atoms with Crippen molar-refractivity contribution in [1.82, 2.24) is 9.78 Å². The topological polar surface area (TPSA) is 87.3 Å². The quantitative estimate of drug-likeness (QED) is 0.482. The number of halogens is 1. The molecule has 2 rings (SSSR count). The molecule has 0 saturated carbocycles. The van der Waals surface area contributed by atoms with Crippen LogP contribution in [0.15, 0.2) is 22.8 Å². The van der Waals surface area contributed by atoms with Crippen molar-refractivity contribution in [3.05, 3.63) is 42.7 Å². The van der Waals surface area contributed by atoms with Gasteiger partial charge in [0.25, 0.3) is 0 Å². The summed E-state index contributed by atoms with van der Waals surface area (Å²) in [6.07, 6.45) is 1.52. The second-order valence-electron chi connectivity index (χ2n) is 3.51. The third-order valence-corrected chi connectivity index (χ3v) is 3.85. The highest BCUT2D eigenvalue weighted by atomic mass is 79.9. The molecule has 100 valence electrons. The van der Waals surface area contributed by atoms with Gasteiger partial charge in [-0.1, -0.05) is 0 Å². The SMILES string of the molecule is COC(=O)c1ccc(Cn2cc(Br)c([N+](=O)[O-])n2)s1. The summed E-state index contributed by atoms with van der Waals surface area (Å²) in [5.74, 6) is -0.631. The van der Waals surface area contributed by atoms with Crippen molar-refractivity contribution in [3.8, 4) is 0 Å². The Labute approximate surface area is 120 Å². The fourth-order valence-corrected chi connectivity index (χ4v) is 2.80. The third-order valence-electron chi connectivity index (χ3n) is 2.24. The Morgan fingerprint density at radius 2 is 2.37 bits per heavy atom. The van der Waals surface area contributed by atoms with Gasteiger partial charge in [-0.15, -0.1) is 11.3 Å². The second kappa shape index (κ2) is 5.49. The van der Waals surface area contributed by atoms with Gasteiger partial charge in [-0.05, 0) is 33.0 Å². The first-order chi connectivity index (χ1) is 9.01. The predicted molar refractivity (Wildman–Crippen MR) is 71.3 cm³/mol. The van der Waals surface area contributed by atoms with Gasteiger partial charge in [0.15, 0.2) is 0 Å². The summed E-state index contributed by atoms with van der Waals surface area (Å²) in [7, 11) is 1.32. The average molecular weight is 346 g/mol. The van der Waals surface area contributed by atoms with Crippen molar-refractivity contribution in [2.75, 3.05) is 7.11 Å². The van der Waals surface area contributed by atoms with Crippen LogP contribution in [0.2, 0.25) is 0 Å². The minimum Gasteiger partial charge on any atom is -0.465 e. The van der Waals surface area contributed by atoms with Crippen LogP contribution in [0.25, 0.3) is 0 Å². The molecule has 0 spiro atoms. The van der Waals surface area contributed by atoms with Gasteiger partial charge in [-0.25, -0.2) is 4.79 Å². The molecule has 0 bridgehead atoms. The molecular formula is C10H8BrN3O4S. The lowest BCUT2D eigenvalue weighted by molar-refractivity contribution is -0.390. The van der Waals surface area contributed by atoms with Crippen LogP contribution in [0.1, 0.15) is 14.5 Å². The summed E-state index contributed by atoms with van der Waals surface area (Å²) in [6.45, 7) is 0.355. The summed E-state index contributed by atoms with van der Waals surface area (Å²) in [4.78, 5) is 22.7. The van der Waals surface area contributed by atoms with Crippen LogP contribution in [-0.2, 0) is 11.3 Å². The van der Waals surface area contributed by atoms with Gasteiger partial charge in [0, 0.05) is 4.88 Å². The van der Waals surface area contributed by atoms with Gasteiger partial charge in [0.05, 0.1) is 25.0 Å². The number of carbonyl (C=O) groups is 1. The lowest BCUT2D eigenvalue weighted by Crippen LogP contribution is -2.00. The Hall–Kier alpha value is -1.74. The first-order valence-electron chi connectivity index (χ1n) is 5.05. The molecule has 0 aliphatic heterocycles. The number of aromatic nitrogens is 2. The number of rotatable bonds is 4. The first kappa shape index (κ1) is 13.7. The molecule has 7 nitrogen and oxygen atoms in total. The molecule has 19 heavy (non-hydrogen) atoms. The molecule has 0 amide bonds. The van der Waals surface area contributed by atoms with Gasteiger partial charge in [-0.2, -0.15) is 4.68 Å². The molecule has 0 aliphatic carbocycles. The maximum Gasteiger partial charge on any atom is 0.404 e. The number of hydrogen-bond acceptors (Lipinski definition) is 6. The molecule has 0 radical (unpaired) electrons. The zero-order chi connectivity index (χ0) is 14.0. The summed E-state index contributed by atoms with van der Waals surface area (Å²) < 4.78 is 6.37. The van der Waals surface area contributed by atoms with Crippen molar-refractivity contribution in [2.45, 2.75) is 6.54 Å². The van der Waals surface area contributed by atoms with E-state index in [-0.39, 0.29) is 5.82 Å². The highest BCUT2D eigenvalue weighted by Crippen LogP contribution is 2.24. The first-order valence-corrected chi connectivity index (χ1v) is 6.66. The molecule has 0 atom stereocenters. The van der Waals surface area contributed by atoms with Gasteiger partial charge < -0.3 is 14.9 Å². The van der Waals surface area contributed by atoms with Crippen molar-refractivity contribution in [2.24, 2.45) is 0 Å². The highest BCUT2D eigenvalue weighted by molar-refractivity contribution is 9.10. The maximum atomic E-state index is 11.3. The second-order valence-corrected chi connectivity index (χ2v) is 5.54. The Bertz CT molecular complexity index is 637. The third kappa shape index (κ3) is 2.99. The number of hydrogen-bond donors (Lipinski definition) is 0. The standard InChI is InChI=1S/C10H8BrN3O4S/c1-18-10(15)8-3-2-6(19-8)4-13-5-7(11)9(12-13)14(16)17/h2-3,5H,4H2,1H3. The molecule has 2 aromatic rings. The Balaban J connectivity index is 2.17. The normalized spacial score (nSPS) is 10.4. The summed E-state index contributed by atoms with van der Waals surface area (Å²) in [5.41, 5.74) is 0. The number of carbonyl (C=O) groups excluding carboxylic acids is 1. The van der Waals surface area contributed by atoms with Crippen LogP contribution in [-0.4, -0.2) is 27.8 Å². The van der Waals surface area contributed by atoms with Crippen LogP contribution in [0, 0.1) is 10.1 Å². The molecule has 0 unspecified atom stereocenters. The van der Waals surface area contributed by atoms with Gasteiger partial charge in [0.1, 0.15) is 9.35 Å². The Morgan fingerprint density at radius 3 is 2.95 bits per heavy atom. The van der Waals surface area contributed by atoms with Gasteiger partial charge in [-0.3, -0.25) is 0 Å². The minimum absolute atomic E-state index is 0.232. The number of thiophene rings is 1. The lowest BCUT2D eigenvalue weighted by Gasteiger charge is -1.93. The minimum atomic E-state index is -0.561. The van der Waals surface area contributed by atoms with Crippen molar-refractivity contribution >= 4 is 39.1 Å². The van der Waals surface area contributed by atoms with E-state index in [0.29, 0.717) is 15.9 Å². The molecule has 0 saturated heterocycles. The lowest BCUT2D eigenvalue weighted by atomic mass is 10.4. The van der Waals surface area contributed by atoms with Gasteiger partial charge in [0.2, 0.25) is 0 Å². The van der Waals surface area contributed by atoms with Crippen molar-refractivity contribution in [3.63, 3.8) is 0 Å². The monoisotopic (exact) mass is 345 g/mol. The number of ether oxygens (including phenoxy) is 1. The van der Waals surface area contributed by atoms with Crippen molar-refractivity contribution < 1.29 is 14.5 Å². The molecule has 2 aromatic heterocycles. The predicted octanol–water partition coefficient (Wildman–Crippen LogP) is 2.45. The molecule has 0 aliphatic rings. The number of nitrogens with zero attached hydrogens (tertiary/aromatic N) is 3. The highest BCUT2D eigenvalue weighted by Gasteiger charge is 2.19. The molecule has 0 aromatic carbocycles. The average Bonchev–Trinajstić information content (AvgIpc) is 2.95. The van der Waals surface area contributed by atoms with Crippen LogP contribution in [0.5, 0.6) is 0 Å². The largest absolute Gasteiger partial charge is 0.465 e.